The van der Waals surface area contributed by atoms with Crippen LogP contribution in [0.15, 0.2) is 18.3 Å². The van der Waals surface area contributed by atoms with E-state index in [1.165, 1.54) is 13.0 Å². The SMILES string of the molecule is Cc1ccc(OC[C@@H]2CCN2C)cn1. The molecule has 0 amide bonds. The molecule has 2 heterocycles. The summed E-state index contributed by atoms with van der Waals surface area (Å²) in [6.45, 7) is 3.95. The molecular formula is C11H16N2O. The molecule has 0 aromatic carbocycles. The zero-order chi connectivity index (χ0) is 9.97. The fraction of sp³-hybridized carbons (Fsp3) is 0.545. The maximum absolute atomic E-state index is 5.63. The number of likely N-dealkylation sites (N-methyl/N-ethyl adjacent to an activating group) is 1. The highest BCUT2D eigenvalue weighted by molar-refractivity contribution is 5.19. The molecule has 0 bridgehead atoms. The van der Waals surface area contributed by atoms with Gasteiger partial charge in [-0.1, -0.05) is 0 Å². The molecule has 0 N–H and O–H groups in total. The Kier molecular flexibility index (Phi) is 2.68. The second-order valence-corrected chi connectivity index (χ2v) is 3.87. The molecule has 14 heavy (non-hydrogen) atoms. The van der Waals surface area contributed by atoms with Crippen molar-refractivity contribution in [2.24, 2.45) is 0 Å². The molecule has 2 rings (SSSR count). The lowest BCUT2D eigenvalue weighted by Crippen LogP contribution is -2.48. The van der Waals surface area contributed by atoms with Crippen molar-refractivity contribution in [2.75, 3.05) is 20.2 Å². The summed E-state index contributed by atoms with van der Waals surface area (Å²) in [6.07, 6.45) is 3.03. The monoisotopic (exact) mass is 192 g/mol. The summed E-state index contributed by atoms with van der Waals surface area (Å²) in [7, 11) is 2.13. The van der Waals surface area contributed by atoms with Crippen LogP contribution in [0.25, 0.3) is 0 Å². The number of nitrogens with zero attached hydrogens (tertiary/aromatic N) is 2. The number of hydrogen-bond donors (Lipinski definition) is 0. The molecular weight excluding hydrogens is 176 g/mol. The van der Waals surface area contributed by atoms with E-state index in [1.807, 2.05) is 19.1 Å². The van der Waals surface area contributed by atoms with Crippen molar-refractivity contribution < 1.29 is 4.74 Å². The third-order valence-electron chi connectivity index (χ3n) is 2.76. The van der Waals surface area contributed by atoms with Crippen LogP contribution in [-0.4, -0.2) is 36.1 Å². The van der Waals surface area contributed by atoms with E-state index in [0.717, 1.165) is 18.1 Å². The standard InChI is InChI=1S/C11H16N2O/c1-9-3-4-11(7-12-9)14-8-10-5-6-13(10)2/h3-4,7,10H,5-6,8H2,1-2H3/t10-/m0/s1. The highest BCUT2D eigenvalue weighted by Gasteiger charge is 2.24. The highest BCUT2D eigenvalue weighted by atomic mass is 16.5. The first-order valence-corrected chi connectivity index (χ1v) is 5.01. The van der Waals surface area contributed by atoms with E-state index in [1.54, 1.807) is 6.20 Å². The molecule has 76 valence electrons. The van der Waals surface area contributed by atoms with E-state index in [9.17, 15) is 0 Å². The summed E-state index contributed by atoms with van der Waals surface area (Å²) < 4.78 is 5.63. The lowest BCUT2D eigenvalue weighted by atomic mass is 10.1. The molecule has 1 fully saturated rings. The Labute approximate surface area is 84.7 Å². The minimum Gasteiger partial charge on any atom is -0.490 e. The third kappa shape index (κ3) is 2.04. The zero-order valence-corrected chi connectivity index (χ0v) is 8.73. The number of hydrogen-bond acceptors (Lipinski definition) is 3. The Morgan fingerprint density at radius 2 is 2.43 bits per heavy atom. The zero-order valence-electron chi connectivity index (χ0n) is 8.73. The summed E-state index contributed by atoms with van der Waals surface area (Å²) in [4.78, 5) is 6.49. The maximum atomic E-state index is 5.63. The van der Waals surface area contributed by atoms with Gasteiger partial charge in [0.05, 0.1) is 6.20 Å². The fourth-order valence-electron chi connectivity index (χ4n) is 1.51. The largest absolute Gasteiger partial charge is 0.490 e. The van der Waals surface area contributed by atoms with Gasteiger partial charge in [0.25, 0.3) is 0 Å². The highest BCUT2D eigenvalue weighted by Crippen LogP contribution is 2.16. The summed E-state index contributed by atoms with van der Waals surface area (Å²) in [5, 5.41) is 0. The van der Waals surface area contributed by atoms with E-state index >= 15 is 0 Å². The van der Waals surface area contributed by atoms with Crippen molar-refractivity contribution in [3.05, 3.63) is 24.0 Å². The van der Waals surface area contributed by atoms with Crippen molar-refractivity contribution in [1.82, 2.24) is 9.88 Å². The topological polar surface area (TPSA) is 25.4 Å². The first kappa shape index (κ1) is 9.46. The van der Waals surface area contributed by atoms with Crippen LogP contribution < -0.4 is 4.74 Å². The normalized spacial score (nSPS) is 21.7. The summed E-state index contributed by atoms with van der Waals surface area (Å²) >= 11 is 0. The number of likely N-dealkylation sites (tertiary alicyclic amines) is 1. The summed E-state index contributed by atoms with van der Waals surface area (Å²) in [6, 6.07) is 4.54. The minimum absolute atomic E-state index is 0.594. The number of rotatable bonds is 3. The molecule has 3 nitrogen and oxygen atoms in total. The Morgan fingerprint density at radius 3 is 2.93 bits per heavy atom. The number of aryl methyl sites for hydroxylation is 1. The molecule has 1 aliphatic rings. The molecule has 3 heteroatoms. The molecule has 0 unspecified atom stereocenters. The van der Waals surface area contributed by atoms with E-state index in [2.05, 4.69) is 16.9 Å². The molecule has 0 aliphatic carbocycles. The van der Waals surface area contributed by atoms with Crippen molar-refractivity contribution in [3.8, 4) is 5.75 Å². The summed E-state index contributed by atoms with van der Waals surface area (Å²) in [5.41, 5.74) is 1.03. The predicted molar refractivity (Wildman–Crippen MR) is 55.5 cm³/mol. The molecule has 0 spiro atoms. The van der Waals surface area contributed by atoms with Crippen LogP contribution in [0.4, 0.5) is 0 Å². The van der Waals surface area contributed by atoms with Crippen LogP contribution in [-0.2, 0) is 0 Å². The molecule has 1 aliphatic heterocycles. The van der Waals surface area contributed by atoms with Gasteiger partial charge in [-0.05, 0) is 39.1 Å². The fourth-order valence-corrected chi connectivity index (χ4v) is 1.51. The molecule has 1 aromatic rings. The minimum atomic E-state index is 0.594. The Bertz CT molecular complexity index is 297. The van der Waals surface area contributed by atoms with Crippen molar-refractivity contribution in [1.29, 1.82) is 0 Å². The average molecular weight is 192 g/mol. The number of pyridine rings is 1. The van der Waals surface area contributed by atoms with Crippen molar-refractivity contribution >= 4 is 0 Å². The smallest absolute Gasteiger partial charge is 0.137 e. The van der Waals surface area contributed by atoms with Crippen molar-refractivity contribution in [3.63, 3.8) is 0 Å². The van der Waals surface area contributed by atoms with Crippen LogP contribution in [0.5, 0.6) is 5.75 Å². The van der Waals surface area contributed by atoms with Crippen LogP contribution in [0.2, 0.25) is 0 Å². The maximum Gasteiger partial charge on any atom is 0.137 e. The second-order valence-electron chi connectivity index (χ2n) is 3.87. The van der Waals surface area contributed by atoms with Gasteiger partial charge in [-0.3, -0.25) is 9.88 Å². The summed E-state index contributed by atoms with van der Waals surface area (Å²) in [5.74, 6) is 0.871. The molecule has 1 aromatic heterocycles. The predicted octanol–water partition coefficient (Wildman–Crippen LogP) is 1.47. The Morgan fingerprint density at radius 1 is 1.57 bits per heavy atom. The second kappa shape index (κ2) is 3.96. The van der Waals surface area contributed by atoms with Gasteiger partial charge in [0.1, 0.15) is 12.4 Å². The number of ether oxygens (including phenoxy) is 1. The third-order valence-corrected chi connectivity index (χ3v) is 2.76. The van der Waals surface area contributed by atoms with Gasteiger partial charge in [-0.2, -0.15) is 0 Å². The van der Waals surface area contributed by atoms with Gasteiger partial charge >= 0.3 is 0 Å². The van der Waals surface area contributed by atoms with Gasteiger partial charge in [0.15, 0.2) is 0 Å². The van der Waals surface area contributed by atoms with Gasteiger partial charge in [0.2, 0.25) is 0 Å². The van der Waals surface area contributed by atoms with Gasteiger partial charge in [-0.15, -0.1) is 0 Å². The molecule has 0 saturated carbocycles. The van der Waals surface area contributed by atoms with E-state index < -0.39 is 0 Å². The van der Waals surface area contributed by atoms with Crippen LogP contribution in [0, 0.1) is 6.92 Å². The quantitative estimate of drug-likeness (QED) is 0.725. The van der Waals surface area contributed by atoms with Crippen LogP contribution in [0.3, 0.4) is 0 Å². The lowest BCUT2D eigenvalue weighted by Gasteiger charge is -2.37. The van der Waals surface area contributed by atoms with Crippen LogP contribution in [0.1, 0.15) is 12.1 Å². The van der Waals surface area contributed by atoms with Gasteiger partial charge in [-0.25, -0.2) is 0 Å². The Balaban J connectivity index is 1.83. The first-order chi connectivity index (χ1) is 6.75. The number of aromatic nitrogens is 1. The van der Waals surface area contributed by atoms with Crippen molar-refractivity contribution in [2.45, 2.75) is 19.4 Å². The van der Waals surface area contributed by atoms with Gasteiger partial charge in [0, 0.05) is 11.7 Å². The van der Waals surface area contributed by atoms with Gasteiger partial charge < -0.3 is 4.74 Å². The van der Waals surface area contributed by atoms with Crippen LogP contribution >= 0.6 is 0 Å². The first-order valence-electron chi connectivity index (χ1n) is 5.01. The Hall–Kier alpha value is -1.09. The molecule has 1 atom stereocenters. The molecule has 1 saturated heterocycles. The van der Waals surface area contributed by atoms with E-state index in [-0.39, 0.29) is 0 Å². The lowest BCUT2D eigenvalue weighted by molar-refractivity contribution is 0.0767. The van der Waals surface area contributed by atoms with E-state index in [4.69, 9.17) is 4.74 Å². The average Bonchev–Trinajstić information content (AvgIpc) is 2.19. The molecule has 0 radical (unpaired) electrons. The van der Waals surface area contributed by atoms with E-state index in [0.29, 0.717) is 6.04 Å².